The topological polar surface area (TPSA) is 57.9 Å². The summed E-state index contributed by atoms with van der Waals surface area (Å²) in [7, 11) is 1.66. The third-order valence-corrected chi connectivity index (χ3v) is 6.90. The summed E-state index contributed by atoms with van der Waals surface area (Å²) < 4.78 is 2.06. The van der Waals surface area contributed by atoms with Gasteiger partial charge in [0, 0.05) is 26.3 Å². The van der Waals surface area contributed by atoms with E-state index in [1.54, 1.807) is 23.7 Å². The molecular formula is C21H24N4O2S2. The molecule has 8 heteroatoms. The van der Waals surface area contributed by atoms with Gasteiger partial charge in [0.2, 0.25) is 0 Å². The van der Waals surface area contributed by atoms with E-state index < -0.39 is 0 Å². The highest BCUT2D eigenvalue weighted by Crippen LogP contribution is 2.33. The second kappa shape index (κ2) is 7.57. The Bertz CT molecular complexity index is 1100. The van der Waals surface area contributed by atoms with Gasteiger partial charge < -0.3 is 4.90 Å². The fraction of sp³-hybridized carbons (Fsp3) is 0.429. The van der Waals surface area contributed by atoms with E-state index in [0.29, 0.717) is 38.1 Å². The molecule has 0 aromatic carbocycles. The van der Waals surface area contributed by atoms with Crippen LogP contribution in [0.25, 0.3) is 11.7 Å². The first-order valence-corrected chi connectivity index (χ1v) is 11.0. The van der Waals surface area contributed by atoms with Crippen molar-refractivity contribution in [2.75, 3.05) is 25.0 Å². The minimum absolute atomic E-state index is 0.166. The smallest absolute Gasteiger partial charge is 0.267 e. The average Bonchev–Trinajstić information content (AvgIpc) is 2.90. The van der Waals surface area contributed by atoms with E-state index in [9.17, 15) is 9.59 Å². The molecule has 4 heterocycles. The van der Waals surface area contributed by atoms with Gasteiger partial charge in [-0.05, 0) is 42.9 Å². The number of hydrogen-bond donors (Lipinski definition) is 0. The molecule has 2 atom stereocenters. The molecule has 0 N–H and O–H groups in total. The summed E-state index contributed by atoms with van der Waals surface area (Å²) in [5.41, 5.74) is 1.87. The normalized spacial score (nSPS) is 24.2. The van der Waals surface area contributed by atoms with Gasteiger partial charge in [0.15, 0.2) is 0 Å². The van der Waals surface area contributed by atoms with Gasteiger partial charge >= 0.3 is 0 Å². The lowest BCUT2D eigenvalue weighted by molar-refractivity contribution is -0.121. The van der Waals surface area contributed by atoms with Gasteiger partial charge in [-0.3, -0.25) is 18.9 Å². The number of aryl methyl sites for hydroxylation is 1. The Hall–Kier alpha value is -2.19. The fourth-order valence-corrected chi connectivity index (χ4v) is 5.29. The molecule has 2 aromatic heterocycles. The van der Waals surface area contributed by atoms with E-state index in [-0.39, 0.29) is 11.5 Å². The molecule has 0 saturated carbocycles. The van der Waals surface area contributed by atoms with Crippen LogP contribution in [-0.2, 0) is 4.79 Å². The fourth-order valence-electron chi connectivity index (χ4n) is 4.13. The van der Waals surface area contributed by atoms with Crippen LogP contribution in [0, 0.1) is 18.8 Å². The molecule has 29 heavy (non-hydrogen) atoms. The summed E-state index contributed by atoms with van der Waals surface area (Å²) in [6.45, 7) is 8.07. The Morgan fingerprint density at radius 2 is 1.90 bits per heavy atom. The zero-order valence-corrected chi connectivity index (χ0v) is 18.6. The molecule has 6 nitrogen and oxygen atoms in total. The van der Waals surface area contributed by atoms with Crippen molar-refractivity contribution in [3.8, 4) is 0 Å². The number of pyridine rings is 1. The summed E-state index contributed by atoms with van der Waals surface area (Å²) in [6.07, 6.45) is 4.62. The molecule has 4 rings (SSSR count). The molecule has 2 fully saturated rings. The highest BCUT2D eigenvalue weighted by Gasteiger charge is 2.31. The maximum Gasteiger partial charge on any atom is 0.267 e. The number of thiocarbonyl (C=S) groups is 1. The van der Waals surface area contributed by atoms with E-state index >= 15 is 0 Å². The lowest BCUT2D eigenvalue weighted by Crippen LogP contribution is -2.40. The minimum Gasteiger partial charge on any atom is -0.355 e. The van der Waals surface area contributed by atoms with Crippen LogP contribution in [0.4, 0.5) is 5.82 Å². The Kier molecular flexibility index (Phi) is 5.25. The van der Waals surface area contributed by atoms with Crippen LogP contribution in [0.5, 0.6) is 0 Å². The van der Waals surface area contributed by atoms with Crippen molar-refractivity contribution in [1.82, 2.24) is 14.3 Å². The number of aromatic nitrogens is 2. The van der Waals surface area contributed by atoms with Gasteiger partial charge in [-0.25, -0.2) is 4.98 Å². The molecule has 1 amide bonds. The van der Waals surface area contributed by atoms with Crippen molar-refractivity contribution in [2.45, 2.75) is 27.2 Å². The lowest BCUT2D eigenvalue weighted by atomic mass is 9.91. The zero-order valence-electron chi connectivity index (χ0n) is 17.0. The van der Waals surface area contributed by atoms with E-state index in [1.807, 2.05) is 19.1 Å². The number of amides is 1. The van der Waals surface area contributed by atoms with Crippen LogP contribution in [-0.4, -0.2) is 44.6 Å². The molecule has 2 aliphatic rings. The quantitative estimate of drug-likeness (QED) is 0.540. The van der Waals surface area contributed by atoms with Crippen LogP contribution < -0.4 is 10.5 Å². The van der Waals surface area contributed by atoms with Crippen LogP contribution >= 0.6 is 24.0 Å². The number of nitrogens with zero attached hydrogens (tertiary/aromatic N) is 4. The van der Waals surface area contributed by atoms with E-state index in [1.165, 1.54) is 16.7 Å². The Morgan fingerprint density at radius 1 is 1.21 bits per heavy atom. The van der Waals surface area contributed by atoms with Gasteiger partial charge in [-0.1, -0.05) is 43.9 Å². The molecule has 0 unspecified atom stereocenters. The summed E-state index contributed by atoms with van der Waals surface area (Å²) in [5.74, 6) is 1.50. The molecule has 0 radical (unpaired) electrons. The molecule has 2 aromatic rings. The zero-order chi connectivity index (χ0) is 20.9. The first-order chi connectivity index (χ1) is 13.7. The molecule has 0 spiro atoms. The monoisotopic (exact) mass is 428 g/mol. The van der Waals surface area contributed by atoms with Crippen LogP contribution in [0.2, 0.25) is 0 Å². The van der Waals surface area contributed by atoms with Crippen LogP contribution in [0.3, 0.4) is 0 Å². The first kappa shape index (κ1) is 20.1. The third kappa shape index (κ3) is 3.71. The predicted molar refractivity (Wildman–Crippen MR) is 122 cm³/mol. The molecule has 2 saturated heterocycles. The predicted octanol–water partition coefficient (Wildman–Crippen LogP) is 3.32. The Balaban J connectivity index is 1.93. The van der Waals surface area contributed by atoms with Crippen molar-refractivity contribution >= 4 is 51.7 Å². The molecular weight excluding hydrogens is 404 g/mol. The van der Waals surface area contributed by atoms with Crippen molar-refractivity contribution in [3.05, 3.63) is 44.7 Å². The molecule has 0 aliphatic carbocycles. The van der Waals surface area contributed by atoms with Gasteiger partial charge in [0.1, 0.15) is 15.8 Å². The standard InChI is InChI=1S/C21H24N4O2S2/c1-12-5-6-17-22-18(24-9-13(2)7-14(3)10-24)15(19(26)25(17)11-12)8-16-20(27)23(4)21(28)29-16/h5-6,8,11,13-14H,7,9-10H2,1-4H3/b16-8+/t13-,14+. The van der Waals surface area contributed by atoms with Crippen LogP contribution in [0.15, 0.2) is 28.0 Å². The number of rotatable bonds is 2. The van der Waals surface area contributed by atoms with Gasteiger partial charge in [0.25, 0.3) is 11.5 Å². The number of thioether (sulfide) groups is 1. The number of fused-ring (bicyclic) bond motifs is 1. The Labute approximate surface area is 179 Å². The van der Waals surface area contributed by atoms with E-state index in [0.717, 1.165) is 25.1 Å². The van der Waals surface area contributed by atoms with Crippen molar-refractivity contribution in [3.63, 3.8) is 0 Å². The van der Waals surface area contributed by atoms with Crippen molar-refractivity contribution < 1.29 is 4.79 Å². The average molecular weight is 429 g/mol. The maximum absolute atomic E-state index is 13.4. The number of anilines is 1. The summed E-state index contributed by atoms with van der Waals surface area (Å²) in [6, 6.07) is 3.82. The van der Waals surface area contributed by atoms with Crippen molar-refractivity contribution in [2.24, 2.45) is 11.8 Å². The maximum atomic E-state index is 13.4. The number of hydrogen-bond acceptors (Lipinski definition) is 6. The second-order valence-electron chi connectivity index (χ2n) is 8.18. The van der Waals surface area contributed by atoms with Gasteiger partial charge in [-0.15, -0.1) is 0 Å². The largest absolute Gasteiger partial charge is 0.355 e. The van der Waals surface area contributed by atoms with Crippen molar-refractivity contribution in [1.29, 1.82) is 0 Å². The summed E-state index contributed by atoms with van der Waals surface area (Å²) >= 11 is 6.47. The number of likely N-dealkylation sites (N-methyl/N-ethyl adjacent to an activating group) is 1. The minimum atomic E-state index is -0.180. The SMILES string of the molecule is Cc1ccc2nc(N3C[C@H](C)C[C@H](C)C3)c(/C=C3/SC(=S)N(C)C3=O)c(=O)n2c1. The second-order valence-corrected chi connectivity index (χ2v) is 9.86. The van der Waals surface area contributed by atoms with E-state index in [4.69, 9.17) is 17.2 Å². The number of piperidine rings is 1. The van der Waals surface area contributed by atoms with Crippen LogP contribution in [0.1, 0.15) is 31.4 Å². The highest BCUT2D eigenvalue weighted by atomic mass is 32.2. The Morgan fingerprint density at radius 3 is 2.52 bits per heavy atom. The lowest BCUT2D eigenvalue weighted by Gasteiger charge is -2.36. The molecule has 0 bridgehead atoms. The first-order valence-electron chi connectivity index (χ1n) is 9.74. The summed E-state index contributed by atoms with van der Waals surface area (Å²) in [5, 5.41) is 0. The molecule has 2 aliphatic heterocycles. The third-order valence-electron chi connectivity index (χ3n) is 5.42. The number of carbonyl (C=O) groups is 1. The number of carbonyl (C=O) groups excluding carboxylic acids is 1. The van der Waals surface area contributed by atoms with Gasteiger partial charge in [0.05, 0.1) is 10.5 Å². The molecule has 152 valence electrons. The van der Waals surface area contributed by atoms with E-state index in [2.05, 4.69) is 18.7 Å². The summed E-state index contributed by atoms with van der Waals surface area (Å²) in [4.78, 5) is 34.9. The van der Waals surface area contributed by atoms with Gasteiger partial charge in [-0.2, -0.15) is 0 Å². The highest BCUT2D eigenvalue weighted by molar-refractivity contribution is 8.26.